The van der Waals surface area contributed by atoms with E-state index >= 15 is 0 Å². The van der Waals surface area contributed by atoms with Gasteiger partial charge in [-0.25, -0.2) is 20.2 Å². The Morgan fingerprint density at radius 1 is 0.582 bits per heavy atom. The molecule has 4 N–H and O–H groups in total. The Morgan fingerprint density at radius 3 is 1.46 bits per heavy atom. The molecule has 14 nitrogen and oxygen atoms in total. The minimum atomic E-state index is -0.641. The van der Waals surface area contributed by atoms with Gasteiger partial charge in [-0.15, -0.1) is 0 Å². The maximum Gasteiger partial charge on any atom is 0.410 e. The van der Waals surface area contributed by atoms with Crippen molar-refractivity contribution >= 4 is 68.4 Å². The second-order valence-electron chi connectivity index (χ2n) is 18.5. The molecule has 340 valence electrons. The van der Waals surface area contributed by atoms with Crippen molar-refractivity contribution < 1.29 is 33.9 Å². The summed E-state index contributed by atoms with van der Waals surface area (Å²) in [6.07, 6.45) is 3.38. The van der Waals surface area contributed by atoms with E-state index in [9.17, 15) is 24.0 Å². The number of rotatable bonds is 7. The summed E-state index contributed by atoms with van der Waals surface area (Å²) in [6.45, 7) is 8.44. The van der Waals surface area contributed by atoms with Crippen molar-refractivity contribution in [1.29, 1.82) is 0 Å². The van der Waals surface area contributed by atoms with Gasteiger partial charge in [0, 0.05) is 91.0 Å². The van der Waals surface area contributed by atoms with Gasteiger partial charge in [-0.1, -0.05) is 97.1 Å². The highest BCUT2D eigenvalue weighted by molar-refractivity contribution is 6.00. The number of hydrogen-bond donors (Lipinski definition) is 4. The first-order valence-electron chi connectivity index (χ1n) is 22.4. The SMILES string of the molecule is CC(C)(C)OC(=O)N1CC2C(C1)C2NC(=O)c1ccc2ccccc2c1.O=C(NO)c1cnc(N2CC3C(C2)C3NC(=O)c2ccc3ccccc3c2)nc1.O=Cc1ccc2ccccc2c1. The van der Waals surface area contributed by atoms with E-state index in [0.29, 0.717) is 53.8 Å². The number of carbonyl (C=O) groups is 5. The van der Waals surface area contributed by atoms with E-state index in [2.05, 4.69) is 25.5 Å². The van der Waals surface area contributed by atoms with Gasteiger partial charge in [-0.05, 0) is 83.4 Å². The number of likely N-dealkylation sites (tertiary alicyclic amines) is 1. The standard InChI is InChI=1S/C21H19N5O3.C21H24N2O3.C11H8O/c27-19(14-6-5-12-3-1-2-4-13(12)7-14)24-18-16-10-26(11-17(16)18)21-22-8-15(9-23-21)20(28)25-29;1-21(2,3)26-20(25)23-11-16-17(12-23)18(16)22-19(24)15-9-8-13-6-4-5-7-14(13)10-15;12-8-9-5-6-10-3-1-2-4-11(10)7-9/h1-9,16-18,29H,10-11H2,(H,24,27)(H,25,28);4-10,16-18H,11-12H2,1-3H3,(H,22,24);1-8H. The monoisotopic (exact) mass is 897 g/mol. The Labute approximate surface area is 387 Å². The van der Waals surface area contributed by atoms with Crippen LogP contribution in [-0.2, 0) is 4.74 Å². The summed E-state index contributed by atoms with van der Waals surface area (Å²) in [4.78, 5) is 71.3. The normalized spacial score (nSPS) is 20.8. The van der Waals surface area contributed by atoms with Crippen LogP contribution in [0.25, 0.3) is 32.3 Å². The second-order valence-corrected chi connectivity index (χ2v) is 18.5. The number of piperidine rings is 2. The zero-order valence-electron chi connectivity index (χ0n) is 37.3. The quantitative estimate of drug-likeness (QED) is 0.0703. The van der Waals surface area contributed by atoms with Crippen LogP contribution in [0.5, 0.6) is 0 Å². The molecule has 11 rings (SSSR count). The van der Waals surface area contributed by atoms with Gasteiger partial charge < -0.3 is 25.2 Å². The van der Waals surface area contributed by atoms with Crippen molar-refractivity contribution in [2.75, 3.05) is 31.1 Å². The van der Waals surface area contributed by atoms with Crippen LogP contribution in [0.4, 0.5) is 10.7 Å². The average molecular weight is 898 g/mol. The zero-order chi connectivity index (χ0) is 46.8. The summed E-state index contributed by atoms with van der Waals surface area (Å²) >= 11 is 0. The number of aromatic nitrogens is 2. The Morgan fingerprint density at radius 2 is 1.01 bits per heavy atom. The largest absolute Gasteiger partial charge is 0.444 e. The van der Waals surface area contributed by atoms with E-state index in [0.717, 1.165) is 51.9 Å². The number of ether oxygens (including phenoxy) is 1. The van der Waals surface area contributed by atoms with Gasteiger partial charge in [-0.3, -0.25) is 24.4 Å². The van der Waals surface area contributed by atoms with E-state index in [4.69, 9.17) is 9.94 Å². The summed E-state index contributed by atoms with van der Waals surface area (Å²) in [7, 11) is 0. The third kappa shape index (κ3) is 10.1. The molecule has 0 radical (unpaired) electrons. The molecule has 6 aromatic carbocycles. The van der Waals surface area contributed by atoms with E-state index in [1.165, 1.54) is 17.8 Å². The third-order valence-electron chi connectivity index (χ3n) is 12.9. The molecular weight excluding hydrogens is 847 g/mol. The number of hydrogen-bond acceptors (Lipinski definition) is 10. The van der Waals surface area contributed by atoms with Crippen LogP contribution in [0.3, 0.4) is 0 Å². The Balaban J connectivity index is 0.000000136. The molecule has 0 bridgehead atoms. The predicted octanol–water partition coefficient (Wildman–Crippen LogP) is 7.70. The number of fused-ring (bicyclic) bond motifs is 5. The summed E-state index contributed by atoms with van der Waals surface area (Å²) in [5.41, 5.74) is 3.36. The van der Waals surface area contributed by atoms with Crippen LogP contribution in [-0.4, -0.2) is 94.0 Å². The summed E-state index contributed by atoms with van der Waals surface area (Å²) < 4.78 is 5.42. The lowest BCUT2D eigenvalue weighted by atomic mass is 10.1. The van der Waals surface area contributed by atoms with Crippen LogP contribution in [0.15, 0.2) is 140 Å². The van der Waals surface area contributed by atoms with Crippen LogP contribution in [0, 0.1) is 23.7 Å². The van der Waals surface area contributed by atoms with Crippen molar-refractivity contribution in [3.8, 4) is 0 Å². The van der Waals surface area contributed by atoms with E-state index < -0.39 is 11.5 Å². The van der Waals surface area contributed by atoms with Gasteiger partial charge in [0.15, 0.2) is 0 Å². The molecule has 4 aliphatic rings. The molecule has 2 aliphatic heterocycles. The summed E-state index contributed by atoms with van der Waals surface area (Å²) in [6, 6.07) is 41.5. The number of nitrogens with one attached hydrogen (secondary N) is 3. The molecular formula is C53H51N7O7. The molecule has 2 saturated carbocycles. The number of hydroxylamine groups is 1. The van der Waals surface area contributed by atoms with Gasteiger partial charge >= 0.3 is 6.09 Å². The molecule has 2 aliphatic carbocycles. The van der Waals surface area contributed by atoms with Crippen molar-refractivity contribution in [2.24, 2.45) is 23.7 Å². The Hall–Kier alpha value is -7.71. The Bertz CT molecular complexity index is 2990. The molecule has 1 aromatic heterocycles. The number of anilines is 1. The first-order valence-corrected chi connectivity index (χ1v) is 22.4. The highest BCUT2D eigenvalue weighted by Crippen LogP contribution is 2.47. The minimum Gasteiger partial charge on any atom is -0.444 e. The van der Waals surface area contributed by atoms with Gasteiger partial charge in [0.2, 0.25) is 5.95 Å². The number of benzene rings is 6. The maximum atomic E-state index is 12.6. The summed E-state index contributed by atoms with van der Waals surface area (Å²) in [5, 5.41) is 21.6. The fraction of sp³-hybridized carbons (Fsp3) is 0.264. The lowest BCUT2D eigenvalue weighted by Gasteiger charge is -2.26. The van der Waals surface area contributed by atoms with Crippen molar-refractivity contribution in [1.82, 2.24) is 31.0 Å². The second kappa shape index (κ2) is 18.6. The van der Waals surface area contributed by atoms with Crippen LogP contribution >= 0.6 is 0 Å². The number of carbonyl (C=O) groups excluding carboxylic acids is 5. The zero-order valence-corrected chi connectivity index (χ0v) is 37.3. The van der Waals surface area contributed by atoms with Gasteiger partial charge in [0.25, 0.3) is 17.7 Å². The summed E-state index contributed by atoms with van der Waals surface area (Å²) in [5.74, 6) is 1.26. The van der Waals surface area contributed by atoms with E-state index in [-0.39, 0.29) is 35.6 Å². The van der Waals surface area contributed by atoms with Gasteiger partial charge in [0.1, 0.15) is 11.9 Å². The van der Waals surface area contributed by atoms with Crippen LogP contribution < -0.4 is 21.0 Å². The first-order chi connectivity index (χ1) is 32.3. The smallest absolute Gasteiger partial charge is 0.410 e. The lowest BCUT2D eigenvalue weighted by molar-refractivity contribution is 0.0269. The fourth-order valence-electron chi connectivity index (χ4n) is 9.20. The average Bonchev–Trinajstić information content (AvgIpc) is 3.96. The number of nitrogens with zero attached hydrogens (tertiary/aromatic N) is 4. The minimum absolute atomic E-state index is 0.0426. The molecule has 4 atom stereocenters. The predicted molar refractivity (Wildman–Crippen MR) is 255 cm³/mol. The van der Waals surface area contributed by atoms with Crippen LogP contribution in [0.1, 0.15) is 62.2 Å². The first kappa shape index (κ1) is 44.5. The van der Waals surface area contributed by atoms with E-state index in [1.807, 2.05) is 148 Å². The lowest BCUT2D eigenvalue weighted by Crippen LogP contribution is -2.40. The molecule has 7 aromatic rings. The van der Waals surface area contributed by atoms with Crippen molar-refractivity contribution in [3.63, 3.8) is 0 Å². The fourth-order valence-corrected chi connectivity index (χ4v) is 9.20. The van der Waals surface area contributed by atoms with Crippen molar-refractivity contribution in [3.05, 3.63) is 162 Å². The van der Waals surface area contributed by atoms with Crippen molar-refractivity contribution in [2.45, 2.75) is 38.5 Å². The molecule has 4 unspecified atom stereocenters. The topological polar surface area (TPSA) is 183 Å². The highest BCUT2D eigenvalue weighted by atomic mass is 16.6. The molecule has 4 amide bonds. The molecule has 67 heavy (non-hydrogen) atoms. The molecule has 4 fully saturated rings. The van der Waals surface area contributed by atoms with Gasteiger partial charge in [0.05, 0.1) is 5.56 Å². The number of aldehydes is 1. The molecule has 2 saturated heterocycles. The number of amides is 4. The molecule has 14 heteroatoms. The van der Waals surface area contributed by atoms with Gasteiger partial charge in [-0.2, -0.15) is 0 Å². The Kier molecular flexibility index (Phi) is 12.4. The van der Waals surface area contributed by atoms with Crippen LogP contribution in [0.2, 0.25) is 0 Å². The maximum absolute atomic E-state index is 12.6. The molecule has 0 spiro atoms. The third-order valence-corrected chi connectivity index (χ3v) is 12.9. The van der Waals surface area contributed by atoms with E-state index in [1.54, 1.807) is 10.4 Å². The highest BCUT2D eigenvalue weighted by Gasteiger charge is 2.58. The molecule has 3 heterocycles.